The number of benzene rings is 1. The normalized spacial score (nSPS) is 11.6. The van der Waals surface area contributed by atoms with Gasteiger partial charge in [-0.3, -0.25) is 0 Å². The molecule has 0 bridgehead atoms. The molecule has 0 radical (unpaired) electrons. The van der Waals surface area contributed by atoms with Gasteiger partial charge in [0.05, 0.1) is 11.3 Å². The molecule has 21 heavy (non-hydrogen) atoms. The first-order valence-corrected chi connectivity index (χ1v) is 8.10. The lowest BCUT2D eigenvalue weighted by Crippen LogP contribution is -2.18. The van der Waals surface area contributed by atoms with Crippen LogP contribution in [0.3, 0.4) is 0 Å². The van der Waals surface area contributed by atoms with E-state index in [1.807, 2.05) is 24.5 Å². The van der Waals surface area contributed by atoms with Crippen molar-refractivity contribution in [3.63, 3.8) is 0 Å². The molecular weight excluding hydrogens is 280 g/mol. The van der Waals surface area contributed by atoms with Gasteiger partial charge in [-0.15, -0.1) is 11.3 Å². The summed E-state index contributed by atoms with van der Waals surface area (Å²) in [6, 6.07) is 8.10. The predicted octanol–water partition coefficient (Wildman–Crippen LogP) is 4.61. The Morgan fingerprint density at radius 2 is 2.10 bits per heavy atom. The molecule has 3 nitrogen and oxygen atoms in total. The van der Waals surface area contributed by atoms with E-state index in [1.165, 1.54) is 4.88 Å². The van der Waals surface area contributed by atoms with E-state index in [1.54, 1.807) is 11.3 Å². The molecule has 0 fully saturated rings. The molecule has 0 saturated heterocycles. The Kier molecular flexibility index (Phi) is 4.08. The second-order valence-electron chi connectivity index (χ2n) is 5.70. The Bertz CT molecular complexity index is 742. The maximum absolute atomic E-state index is 5.62. The van der Waals surface area contributed by atoms with Crippen LogP contribution in [-0.4, -0.2) is 11.5 Å². The Hall–Kier alpha value is -1.65. The highest BCUT2D eigenvalue weighted by Gasteiger charge is 2.14. The van der Waals surface area contributed by atoms with Gasteiger partial charge in [-0.25, -0.2) is 4.98 Å². The number of hydrogen-bond donors (Lipinski definition) is 1. The fourth-order valence-electron chi connectivity index (χ4n) is 2.33. The van der Waals surface area contributed by atoms with Crippen molar-refractivity contribution in [3.8, 4) is 10.6 Å². The summed E-state index contributed by atoms with van der Waals surface area (Å²) in [5.41, 5.74) is 3.12. The van der Waals surface area contributed by atoms with Crippen molar-refractivity contribution in [2.45, 2.75) is 27.3 Å². The zero-order chi connectivity index (χ0) is 14.8. The molecule has 2 aromatic heterocycles. The molecule has 3 rings (SSSR count). The van der Waals surface area contributed by atoms with Gasteiger partial charge in [-0.2, -0.15) is 0 Å². The first-order chi connectivity index (χ1) is 10.1. The van der Waals surface area contributed by atoms with Crippen molar-refractivity contribution < 1.29 is 4.42 Å². The highest BCUT2D eigenvalue weighted by Crippen LogP contribution is 2.34. The molecule has 110 valence electrons. The lowest BCUT2D eigenvalue weighted by atomic mass is 10.2. The second-order valence-corrected chi connectivity index (χ2v) is 6.78. The third-order valence-corrected chi connectivity index (χ3v) is 4.63. The quantitative estimate of drug-likeness (QED) is 0.747. The Morgan fingerprint density at radius 1 is 1.29 bits per heavy atom. The van der Waals surface area contributed by atoms with Gasteiger partial charge in [-0.1, -0.05) is 32.0 Å². The van der Waals surface area contributed by atoms with Crippen LogP contribution in [0, 0.1) is 12.8 Å². The third kappa shape index (κ3) is 3.01. The van der Waals surface area contributed by atoms with Crippen molar-refractivity contribution in [2.24, 2.45) is 5.92 Å². The summed E-state index contributed by atoms with van der Waals surface area (Å²) in [5.74, 6) is 0.663. The van der Waals surface area contributed by atoms with Gasteiger partial charge in [0.2, 0.25) is 0 Å². The van der Waals surface area contributed by atoms with E-state index in [-0.39, 0.29) is 0 Å². The minimum absolute atomic E-state index is 0.663. The summed E-state index contributed by atoms with van der Waals surface area (Å²) in [7, 11) is 0. The van der Waals surface area contributed by atoms with Gasteiger partial charge >= 0.3 is 0 Å². The van der Waals surface area contributed by atoms with E-state index >= 15 is 0 Å². The van der Waals surface area contributed by atoms with Gasteiger partial charge in [0.25, 0.3) is 0 Å². The van der Waals surface area contributed by atoms with Crippen molar-refractivity contribution in [3.05, 3.63) is 41.1 Å². The van der Waals surface area contributed by atoms with Crippen LogP contribution in [0.4, 0.5) is 0 Å². The zero-order valence-electron chi connectivity index (χ0n) is 12.6. The van der Waals surface area contributed by atoms with Crippen LogP contribution in [0.5, 0.6) is 0 Å². The number of thiazole rings is 1. The number of furan rings is 1. The SMILES string of the molecule is Cc1nc(-c2coc3ccccc23)sc1CNCC(C)C. The highest BCUT2D eigenvalue weighted by atomic mass is 32.1. The largest absolute Gasteiger partial charge is 0.464 e. The summed E-state index contributed by atoms with van der Waals surface area (Å²) < 4.78 is 5.62. The average molecular weight is 300 g/mol. The molecule has 0 aliphatic carbocycles. The molecular formula is C17H20N2OS. The van der Waals surface area contributed by atoms with Gasteiger partial charge in [0.15, 0.2) is 0 Å². The molecule has 0 aliphatic rings. The Labute approximate surface area is 129 Å². The molecule has 0 aliphatic heterocycles. The van der Waals surface area contributed by atoms with E-state index in [0.29, 0.717) is 5.92 Å². The summed E-state index contributed by atoms with van der Waals surface area (Å²) in [4.78, 5) is 6.02. The first-order valence-electron chi connectivity index (χ1n) is 7.28. The van der Waals surface area contributed by atoms with Crippen LogP contribution in [0.2, 0.25) is 0 Å². The number of hydrogen-bond acceptors (Lipinski definition) is 4. The number of nitrogens with zero attached hydrogens (tertiary/aromatic N) is 1. The minimum Gasteiger partial charge on any atom is -0.464 e. The van der Waals surface area contributed by atoms with E-state index in [0.717, 1.165) is 40.3 Å². The number of nitrogens with one attached hydrogen (secondary N) is 1. The molecule has 0 spiro atoms. The standard InChI is InChI=1S/C17H20N2OS/c1-11(2)8-18-9-16-12(3)19-17(21-16)14-10-20-15-7-5-4-6-13(14)15/h4-7,10-11,18H,8-9H2,1-3H3. The molecule has 0 atom stereocenters. The summed E-state index contributed by atoms with van der Waals surface area (Å²) in [5, 5.41) is 5.66. The Balaban J connectivity index is 1.86. The molecule has 0 unspecified atom stereocenters. The number of para-hydroxylation sites is 1. The second kappa shape index (κ2) is 6.00. The predicted molar refractivity (Wildman–Crippen MR) is 88.6 cm³/mol. The topological polar surface area (TPSA) is 38.1 Å². The molecule has 1 N–H and O–H groups in total. The lowest BCUT2D eigenvalue weighted by molar-refractivity contribution is 0.554. The van der Waals surface area contributed by atoms with Gasteiger partial charge in [0.1, 0.15) is 16.9 Å². The monoisotopic (exact) mass is 300 g/mol. The van der Waals surface area contributed by atoms with Crippen LogP contribution >= 0.6 is 11.3 Å². The number of aryl methyl sites for hydroxylation is 1. The van der Waals surface area contributed by atoms with Crippen molar-refractivity contribution in [1.29, 1.82) is 0 Å². The maximum atomic E-state index is 5.62. The van der Waals surface area contributed by atoms with Gasteiger partial charge < -0.3 is 9.73 Å². The fraction of sp³-hybridized carbons (Fsp3) is 0.353. The molecule has 0 saturated carbocycles. The van der Waals surface area contributed by atoms with Crippen LogP contribution < -0.4 is 5.32 Å². The molecule has 0 amide bonds. The third-order valence-electron chi connectivity index (χ3n) is 3.44. The van der Waals surface area contributed by atoms with Crippen molar-refractivity contribution in [1.82, 2.24) is 10.3 Å². The van der Waals surface area contributed by atoms with Gasteiger partial charge in [0, 0.05) is 16.8 Å². The summed E-state index contributed by atoms with van der Waals surface area (Å²) in [6.45, 7) is 8.43. The van der Waals surface area contributed by atoms with Crippen LogP contribution in [-0.2, 0) is 6.54 Å². The van der Waals surface area contributed by atoms with Gasteiger partial charge in [-0.05, 0) is 25.5 Å². The van der Waals surface area contributed by atoms with E-state index in [9.17, 15) is 0 Å². The smallest absolute Gasteiger partial charge is 0.134 e. The lowest BCUT2D eigenvalue weighted by Gasteiger charge is -2.05. The molecule has 3 aromatic rings. The van der Waals surface area contributed by atoms with E-state index in [2.05, 4.69) is 32.2 Å². The zero-order valence-corrected chi connectivity index (χ0v) is 13.5. The van der Waals surface area contributed by atoms with Crippen LogP contribution in [0.15, 0.2) is 34.9 Å². The minimum atomic E-state index is 0.663. The van der Waals surface area contributed by atoms with E-state index in [4.69, 9.17) is 9.40 Å². The Morgan fingerprint density at radius 3 is 2.90 bits per heavy atom. The van der Waals surface area contributed by atoms with Crippen LogP contribution in [0.1, 0.15) is 24.4 Å². The van der Waals surface area contributed by atoms with Crippen molar-refractivity contribution >= 4 is 22.3 Å². The average Bonchev–Trinajstić information content (AvgIpc) is 3.02. The number of fused-ring (bicyclic) bond motifs is 1. The molecule has 1 aromatic carbocycles. The van der Waals surface area contributed by atoms with E-state index < -0.39 is 0 Å². The summed E-state index contributed by atoms with van der Waals surface area (Å²) in [6.07, 6.45) is 1.81. The summed E-state index contributed by atoms with van der Waals surface area (Å²) >= 11 is 1.75. The number of aromatic nitrogens is 1. The highest BCUT2D eigenvalue weighted by molar-refractivity contribution is 7.15. The molecule has 4 heteroatoms. The van der Waals surface area contributed by atoms with Crippen molar-refractivity contribution in [2.75, 3.05) is 6.54 Å². The first kappa shape index (κ1) is 14.3. The fourth-order valence-corrected chi connectivity index (χ4v) is 3.38. The number of rotatable bonds is 5. The van der Waals surface area contributed by atoms with Crippen LogP contribution in [0.25, 0.3) is 21.5 Å². The maximum Gasteiger partial charge on any atom is 0.134 e. The molecule has 2 heterocycles.